The molecule has 0 aliphatic carbocycles. The van der Waals surface area contributed by atoms with Crippen LogP contribution in [0.4, 0.5) is 13.2 Å². The third kappa shape index (κ3) is 3.27. The molecule has 0 aliphatic heterocycles. The number of nitrogens with two attached hydrogens (primary N) is 1. The van der Waals surface area contributed by atoms with Crippen LogP contribution in [0.2, 0.25) is 0 Å². The topological polar surface area (TPSA) is 95.7 Å². The molecule has 0 bridgehead atoms. The van der Waals surface area contributed by atoms with E-state index in [0.717, 1.165) is 12.1 Å². The molecule has 0 radical (unpaired) electrons. The van der Waals surface area contributed by atoms with E-state index in [2.05, 4.69) is 4.18 Å². The van der Waals surface area contributed by atoms with Gasteiger partial charge < -0.3 is 14.7 Å². The highest BCUT2D eigenvalue weighted by atomic mass is 32.2. The van der Waals surface area contributed by atoms with Crippen LogP contribution in [0.1, 0.15) is 10.4 Å². The largest absolute Gasteiger partial charge is 0.497 e. The van der Waals surface area contributed by atoms with Gasteiger partial charge in [0.25, 0.3) is 5.91 Å². The number of hydrogen-bond donors (Lipinski definition) is 1. The van der Waals surface area contributed by atoms with Crippen LogP contribution >= 0.6 is 0 Å². The van der Waals surface area contributed by atoms with E-state index in [1.165, 1.54) is 13.2 Å². The molecule has 0 unspecified atom stereocenters. The Bertz CT molecular complexity index is 915. The molecular weight excluding hydrogens is 351 g/mol. The van der Waals surface area contributed by atoms with Gasteiger partial charge >= 0.3 is 10.1 Å². The number of ether oxygens (including phenoxy) is 1. The van der Waals surface area contributed by atoms with Crippen molar-refractivity contribution < 1.29 is 35.3 Å². The zero-order valence-electron chi connectivity index (χ0n) is 12.0. The third-order valence-corrected chi connectivity index (χ3v) is 4.18. The van der Waals surface area contributed by atoms with Crippen LogP contribution in [0.25, 0.3) is 0 Å². The van der Waals surface area contributed by atoms with Crippen molar-refractivity contribution in [1.82, 2.24) is 0 Å². The van der Waals surface area contributed by atoms with Crippen LogP contribution in [0.5, 0.6) is 11.5 Å². The quantitative estimate of drug-likeness (QED) is 0.649. The van der Waals surface area contributed by atoms with Crippen LogP contribution in [0.3, 0.4) is 0 Å². The van der Waals surface area contributed by atoms with Crippen LogP contribution in [0, 0.1) is 17.5 Å². The van der Waals surface area contributed by atoms with Crippen LogP contribution < -0.4 is 14.7 Å². The average molecular weight is 361 g/mol. The highest BCUT2D eigenvalue weighted by molar-refractivity contribution is 7.87. The second-order valence-electron chi connectivity index (χ2n) is 4.44. The number of hydrogen-bond acceptors (Lipinski definition) is 5. The van der Waals surface area contributed by atoms with Crippen molar-refractivity contribution in [2.75, 3.05) is 7.11 Å². The Hall–Kier alpha value is -2.75. The summed E-state index contributed by atoms with van der Waals surface area (Å²) >= 11 is 0. The van der Waals surface area contributed by atoms with Gasteiger partial charge in [-0.25, -0.2) is 13.2 Å². The molecule has 2 aromatic rings. The highest BCUT2D eigenvalue weighted by Crippen LogP contribution is 2.29. The fraction of sp³-hybridized carbons (Fsp3) is 0.0714. The van der Waals surface area contributed by atoms with Crippen LogP contribution in [-0.2, 0) is 10.1 Å². The monoisotopic (exact) mass is 361 g/mol. The number of benzene rings is 2. The highest BCUT2D eigenvalue weighted by Gasteiger charge is 2.27. The molecule has 2 N–H and O–H groups in total. The van der Waals surface area contributed by atoms with Crippen molar-refractivity contribution in [1.29, 1.82) is 0 Å². The predicted molar refractivity (Wildman–Crippen MR) is 75.6 cm³/mol. The number of rotatable bonds is 5. The molecule has 0 fully saturated rings. The molecule has 0 saturated carbocycles. The van der Waals surface area contributed by atoms with Gasteiger partial charge in [0.2, 0.25) is 0 Å². The van der Waals surface area contributed by atoms with E-state index in [1.54, 1.807) is 0 Å². The zero-order valence-corrected chi connectivity index (χ0v) is 12.9. The standard InChI is InChI=1S/C14H10F3NO5S/c1-22-7-2-3-8(14(18)19)10(6-7)23-24(20,21)11-5-4-9(15)12(16)13(11)17/h2-6H,1H3,(H2,18,19). The molecule has 0 saturated heterocycles. The van der Waals surface area contributed by atoms with E-state index in [4.69, 9.17) is 10.5 Å². The molecule has 0 aromatic heterocycles. The van der Waals surface area contributed by atoms with E-state index in [9.17, 15) is 26.4 Å². The lowest BCUT2D eigenvalue weighted by molar-refractivity contribution is 0.0999. The maximum Gasteiger partial charge on any atom is 0.342 e. The van der Waals surface area contributed by atoms with Gasteiger partial charge in [0.1, 0.15) is 10.6 Å². The molecule has 1 amide bonds. The van der Waals surface area contributed by atoms with E-state index < -0.39 is 44.1 Å². The second-order valence-corrected chi connectivity index (χ2v) is 5.95. The summed E-state index contributed by atoms with van der Waals surface area (Å²) < 4.78 is 73.6. The lowest BCUT2D eigenvalue weighted by Crippen LogP contribution is -2.17. The first-order valence-electron chi connectivity index (χ1n) is 6.23. The minimum Gasteiger partial charge on any atom is -0.497 e. The Kier molecular flexibility index (Phi) is 4.69. The van der Waals surface area contributed by atoms with Gasteiger partial charge in [-0.15, -0.1) is 0 Å². The lowest BCUT2D eigenvalue weighted by atomic mass is 10.2. The fourth-order valence-corrected chi connectivity index (χ4v) is 2.77. The van der Waals surface area contributed by atoms with E-state index >= 15 is 0 Å². The van der Waals surface area contributed by atoms with Crippen molar-refractivity contribution in [3.05, 3.63) is 53.3 Å². The summed E-state index contributed by atoms with van der Waals surface area (Å²) in [6.45, 7) is 0. The molecular formula is C14H10F3NO5S. The molecule has 24 heavy (non-hydrogen) atoms. The minimum atomic E-state index is -4.91. The molecule has 2 rings (SSSR count). The number of amides is 1. The molecule has 10 heteroatoms. The molecule has 6 nitrogen and oxygen atoms in total. The zero-order chi connectivity index (χ0) is 18.1. The number of carbonyl (C=O) groups excluding carboxylic acids is 1. The average Bonchev–Trinajstić information content (AvgIpc) is 2.51. The van der Waals surface area contributed by atoms with E-state index in [0.29, 0.717) is 12.1 Å². The Morgan fingerprint density at radius 1 is 1.08 bits per heavy atom. The van der Waals surface area contributed by atoms with Crippen molar-refractivity contribution in [2.45, 2.75) is 4.90 Å². The molecule has 0 heterocycles. The summed E-state index contributed by atoms with van der Waals surface area (Å²) in [5, 5.41) is 0. The second kappa shape index (κ2) is 6.40. The van der Waals surface area contributed by atoms with Crippen molar-refractivity contribution in [2.24, 2.45) is 5.73 Å². The predicted octanol–water partition coefficient (Wildman–Crippen LogP) is 1.98. The summed E-state index contributed by atoms with van der Waals surface area (Å²) in [6, 6.07) is 4.39. The Labute approximate surface area is 134 Å². The molecule has 0 atom stereocenters. The summed E-state index contributed by atoms with van der Waals surface area (Å²) in [7, 11) is -3.64. The van der Waals surface area contributed by atoms with Crippen molar-refractivity contribution >= 4 is 16.0 Å². The van der Waals surface area contributed by atoms with Gasteiger partial charge in [0, 0.05) is 6.07 Å². The van der Waals surface area contributed by atoms with Crippen molar-refractivity contribution in [3.8, 4) is 11.5 Å². The summed E-state index contributed by atoms with van der Waals surface area (Å²) in [5.41, 5.74) is 4.77. The van der Waals surface area contributed by atoms with Gasteiger partial charge in [0.05, 0.1) is 12.7 Å². The fourth-order valence-electron chi connectivity index (χ4n) is 1.77. The number of carbonyl (C=O) groups is 1. The first-order chi connectivity index (χ1) is 11.2. The van der Waals surface area contributed by atoms with Crippen molar-refractivity contribution in [3.63, 3.8) is 0 Å². The summed E-state index contributed by atoms with van der Waals surface area (Å²) in [6.07, 6.45) is 0. The molecule has 2 aromatic carbocycles. The van der Waals surface area contributed by atoms with Gasteiger partial charge in [-0.1, -0.05) is 0 Å². The molecule has 0 spiro atoms. The summed E-state index contributed by atoms with van der Waals surface area (Å²) in [5.74, 6) is -6.93. The SMILES string of the molecule is COc1ccc(C(N)=O)c(OS(=O)(=O)c2ccc(F)c(F)c2F)c1. The molecule has 128 valence electrons. The maximum absolute atomic E-state index is 13.7. The number of primary amides is 1. The van der Waals surface area contributed by atoms with Gasteiger partial charge in [-0.05, 0) is 24.3 Å². The third-order valence-electron chi connectivity index (χ3n) is 2.92. The summed E-state index contributed by atoms with van der Waals surface area (Å²) in [4.78, 5) is 10.1. The van der Waals surface area contributed by atoms with Crippen LogP contribution in [0.15, 0.2) is 35.2 Å². The van der Waals surface area contributed by atoms with Gasteiger partial charge in [-0.3, -0.25) is 4.79 Å². The van der Waals surface area contributed by atoms with Gasteiger partial charge in [0.15, 0.2) is 23.2 Å². The first-order valence-corrected chi connectivity index (χ1v) is 7.64. The normalized spacial score (nSPS) is 11.2. The number of methoxy groups -OCH3 is 1. The smallest absolute Gasteiger partial charge is 0.342 e. The number of halogens is 3. The van der Waals surface area contributed by atoms with E-state index in [1.807, 2.05) is 0 Å². The minimum absolute atomic E-state index is 0.121. The Morgan fingerprint density at radius 3 is 2.33 bits per heavy atom. The Morgan fingerprint density at radius 2 is 1.75 bits per heavy atom. The lowest BCUT2D eigenvalue weighted by Gasteiger charge is -2.12. The van der Waals surface area contributed by atoms with Gasteiger partial charge in [-0.2, -0.15) is 8.42 Å². The maximum atomic E-state index is 13.7. The molecule has 0 aliphatic rings. The first kappa shape index (κ1) is 17.6. The Balaban J connectivity index is 2.54. The van der Waals surface area contributed by atoms with Crippen LogP contribution in [-0.4, -0.2) is 21.4 Å². The van der Waals surface area contributed by atoms with E-state index in [-0.39, 0.29) is 11.3 Å².